The summed E-state index contributed by atoms with van der Waals surface area (Å²) in [6.07, 6.45) is 8.11. The van der Waals surface area contributed by atoms with Gasteiger partial charge in [-0.05, 0) is 55.0 Å². The Bertz CT molecular complexity index is 1010. The van der Waals surface area contributed by atoms with Crippen LogP contribution in [0.5, 0.6) is 5.75 Å². The van der Waals surface area contributed by atoms with Gasteiger partial charge in [0.25, 0.3) is 0 Å². The number of likely N-dealkylation sites (tertiary alicyclic amines) is 1. The zero-order valence-electron chi connectivity index (χ0n) is 18.0. The molecule has 0 bridgehead atoms. The van der Waals surface area contributed by atoms with E-state index >= 15 is 0 Å². The number of amides is 1. The number of pyridine rings is 1. The van der Waals surface area contributed by atoms with Crippen molar-refractivity contribution >= 4 is 17.9 Å². The molecule has 1 aliphatic rings. The van der Waals surface area contributed by atoms with E-state index in [4.69, 9.17) is 4.74 Å². The molecule has 1 fully saturated rings. The number of benzene rings is 1. The van der Waals surface area contributed by atoms with Crippen molar-refractivity contribution in [3.8, 4) is 5.75 Å². The van der Waals surface area contributed by atoms with Crippen LogP contribution in [-0.4, -0.2) is 44.4 Å². The number of rotatable bonds is 6. The molecule has 31 heavy (non-hydrogen) atoms. The second-order valence-corrected chi connectivity index (χ2v) is 9.00. The molecule has 0 aliphatic carbocycles. The summed E-state index contributed by atoms with van der Waals surface area (Å²) < 4.78 is 7.65. The van der Waals surface area contributed by atoms with Crippen LogP contribution in [0.2, 0.25) is 0 Å². The van der Waals surface area contributed by atoms with Crippen LogP contribution in [0, 0.1) is 12.8 Å². The molecule has 1 amide bonds. The van der Waals surface area contributed by atoms with E-state index < -0.39 is 0 Å². The molecule has 4 rings (SSSR count). The van der Waals surface area contributed by atoms with Gasteiger partial charge in [-0.3, -0.25) is 4.98 Å². The Morgan fingerprint density at radius 3 is 2.58 bits per heavy atom. The van der Waals surface area contributed by atoms with Gasteiger partial charge in [-0.2, -0.15) is 0 Å². The topological polar surface area (TPSA) is 60.2 Å². The lowest BCUT2D eigenvalue weighted by Gasteiger charge is -2.31. The quantitative estimate of drug-likeness (QED) is 0.524. The summed E-state index contributed by atoms with van der Waals surface area (Å²) in [5, 5.41) is 1.04. The summed E-state index contributed by atoms with van der Waals surface area (Å²) in [6, 6.07) is 11.7. The van der Waals surface area contributed by atoms with E-state index in [9.17, 15) is 4.79 Å². The number of hydrogen-bond acceptors (Lipinski definition) is 5. The van der Waals surface area contributed by atoms with Gasteiger partial charge in [0.2, 0.25) is 0 Å². The molecule has 2 aromatic heterocycles. The first kappa shape index (κ1) is 21.4. The van der Waals surface area contributed by atoms with Crippen LogP contribution in [-0.2, 0) is 13.5 Å². The predicted molar refractivity (Wildman–Crippen MR) is 122 cm³/mol. The molecule has 162 valence electrons. The summed E-state index contributed by atoms with van der Waals surface area (Å²) in [6.45, 7) is 3.54. The number of nitrogens with zero attached hydrogens (tertiary/aromatic N) is 4. The van der Waals surface area contributed by atoms with Gasteiger partial charge < -0.3 is 14.2 Å². The standard InChI is InChI=1S/C24H28N4O2S/c1-18-4-3-11-25-22(18)16-19-5-7-21(8-6-19)30-24(29)28-13-9-20(10-14-28)17-31-23-26-12-15-27(23)2/h3-8,11-12,15,20H,9-10,13-14,16-17H2,1-2H3. The van der Waals surface area contributed by atoms with Crippen molar-refractivity contribution in [2.75, 3.05) is 18.8 Å². The summed E-state index contributed by atoms with van der Waals surface area (Å²) in [7, 11) is 2.01. The van der Waals surface area contributed by atoms with Crippen LogP contribution >= 0.6 is 11.8 Å². The molecule has 0 N–H and O–H groups in total. The third-order valence-electron chi connectivity index (χ3n) is 5.72. The number of carbonyl (C=O) groups is 1. The van der Waals surface area contributed by atoms with E-state index in [0.717, 1.165) is 54.5 Å². The zero-order valence-corrected chi connectivity index (χ0v) is 18.8. The molecule has 1 aliphatic heterocycles. The Morgan fingerprint density at radius 2 is 1.90 bits per heavy atom. The fraction of sp³-hybridized carbons (Fsp3) is 0.375. The van der Waals surface area contributed by atoms with Crippen molar-refractivity contribution in [3.05, 3.63) is 71.8 Å². The minimum atomic E-state index is -0.261. The van der Waals surface area contributed by atoms with Gasteiger partial charge in [-0.25, -0.2) is 9.78 Å². The van der Waals surface area contributed by atoms with E-state index in [2.05, 4.69) is 23.0 Å². The molecular weight excluding hydrogens is 408 g/mol. The number of imidazole rings is 1. The molecule has 1 aromatic carbocycles. The fourth-order valence-corrected chi connectivity index (χ4v) is 4.82. The first-order valence-electron chi connectivity index (χ1n) is 10.6. The molecule has 0 spiro atoms. The number of ether oxygens (including phenoxy) is 1. The monoisotopic (exact) mass is 436 g/mol. The van der Waals surface area contributed by atoms with E-state index in [1.165, 1.54) is 5.56 Å². The summed E-state index contributed by atoms with van der Waals surface area (Å²) >= 11 is 1.79. The highest BCUT2D eigenvalue weighted by Crippen LogP contribution is 2.26. The molecular formula is C24H28N4O2S. The second-order valence-electron chi connectivity index (χ2n) is 8.02. The van der Waals surface area contributed by atoms with Crippen molar-refractivity contribution in [3.63, 3.8) is 0 Å². The van der Waals surface area contributed by atoms with Crippen molar-refractivity contribution in [1.82, 2.24) is 19.4 Å². The molecule has 0 saturated carbocycles. The number of hydrogen-bond donors (Lipinski definition) is 0. The van der Waals surface area contributed by atoms with Gasteiger partial charge in [0.1, 0.15) is 5.75 Å². The van der Waals surface area contributed by atoms with E-state index in [0.29, 0.717) is 11.7 Å². The molecule has 1 saturated heterocycles. The maximum atomic E-state index is 12.6. The number of piperidine rings is 1. The van der Waals surface area contributed by atoms with Gasteiger partial charge in [0, 0.05) is 56.6 Å². The van der Waals surface area contributed by atoms with Crippen molar-refractivity contribution in [1.29, 1.82) is 0 Å². The largest absolute Gasteiger partial charge is 0.415 e. The van der Waals surface area contributed by atoms with Crippen LogP contribution in [0.1, 0.15) is 29.7 Å². The number of aryl methyl sites for hydroxylation is 2. The van der Waals surface area contributed by atoms with Gasteiger partial charge >= 0.3 is 6.09 Å². The first-order valence-corrected chi connectivity index (χ1v) is 11.6. The highest BCUT2D eigenvalue weighted by molar-refractivity contribution is 7.99. The highest BCUT2D eigenvalue weighted by atomic mass is 32.2. The molecule has 0 atom stereocenters. The average Bonchev–Trinajstić information content (AvgIpc) is 3.20. The third-order valence-corrected chi connectivity index (χ3v) is 7.01. The van der Waals surface area contributed by atoms with Gasteiger partial charge in [-0.1, -0.05) is 30.0 Å². The van der Waals surface area contributed by atoms with Gasteiger partial charge in [0.05, 0.1) is 0 Å². The minimum absolute atomic E-state index is 0.261. The minimum Gasteiger partial charge on any atom is -0.410 e. The molecule has 3 heterocycles. The fourth-order valence-electron chi connectivity index (χ4n) is 3.70. The van der Waals surface area contributed by atoms with Crippen molar-refractivity contribution in [2.24, 2.45) is 13.0 Å². The molecule has 6 nitrogen and oxygen atoms in total. The lowest BCUT2D eigenvalue weighted by molar-refractivity contribution is 0.134. The Morgan fingerprint density at radius 1 is 1.13 bits per heavy atom. The Hall–Kier alpha value is -2.80. The number of thioether (sulfide) groups is 1. The van der Waals surface area contributed by atoms with Crippen LogP contribution in [0.3, 0.4) is 0 Å². The summed E-state index contributed by atoms with van der Waals surface area (Å²) in [4.78, 5) is 23.2. The maximum Gasteiger partial charge on any atom is 0.415 e. The van der Waals surface area contributed by atoms with Crippen LogP contribution in [0.4, 0.5) is 4.79 Å². The van der Waals surface area contributed by atoms with Crippen LogP contribution < -0.4 is 4.74 Å². The second kappa shape index (κ2) is 10.0. The van der Waals surface area contributed by atoms with E-state index in [1.54, 1.807) is 11.8 Å². The first-order chi connectivity index (χ1) is 15.1. The van der Waals surface area contributed by atoms with Crippen molar-refractivity contribution in [2.45, 2.75) is 31.3 Å². The molecule has 7 heteroatoms. The van der Waals surface area contributed by atoms with Gasteiger partial charge in [-0.15, -0.1) is 0 Å². The smallest absolute Gasteiger partial charge is 0.410 e. The molecule has 0 unspecified atom stereocenters. The van der Waals surface area contributed by atoms with E-state index in [-0.39, 0.29) is 6.09 Å². The average molecular weight is 437 g/mol. The maximum absolute atomic E-state index is 12.6. The van der Waals surface area contributed by atoms with Gasteiger partial charge in [0.15, 0.2) is 5.16 Å². The van der Waals surface area contributed by atoms with Crippen LogP contribution in [0.15, 0.2) is 60.1 Å². The van der Waals surface area contributed by atoms with Crippen LogP contribution in [0.25, 0.3) is 0 Å². The Labute approximate surface area is 187 Å². The van der Waals surface area contributed by atoms with Crippen molar-refractivity contribution < 1.29 is 9.53 Å². The lowest BCUT2D eigenvalue weighted by atomic mass is 9.99. The zero-order chi connectivity index (χ0) is 21.6. The molecule has 3 aromatic rings. The SMILES string of the molecule is Cc1cccnc1Cc1ccc(OC(=O)N2CCC(CSc3nccn3C)CC2)cc1. The summed E-state index contributed by atoms with van der Waals surface area (Å²) in [5.74, 6) is 2.21. The Balaban J connectivity index is 1.23. The highest BCUT2D eigenvalue weighted by Gasteiger charge is 2.24. The third kappa shape index (κ3) is 5.67. The summed E-state index contributed by atoms with van der Waals surface area (Å²) in [5.41, 5.74) is 3.39. The number of aromatic nitrogens is 3. The predicted octanol–water partition coefficient (Wildman–Crippen LogP) is 4.72. The normalized spacial score (nSPS) is 14.6. The Kier molecular flexibility index (Phi) is 6.92. The lowest BCUT2D eigenvalue weighted by Crippen LogP contribution is -2.40. The van der Waals surface area contributed by atoms with E-state index in [1.807, 2.05) is 65.4 Å². The molecule has 0 radical (unpaired) electrons. The number of carbonyl (C=O) groups excluding carboxylic acids is 1.